The Hall–Kier alpha value is -6.18. The van der Waals surface area contributed by atoms with Gasteiger partial charge in [-0.2, -0.15) is 0 Å². The fraction of sp³-hybridized carbons (Fsp3) is 0.220. The Kier molecular flexibility index (Phi) is 8.51. The predicted molar refractivity (Wildman–Crippen MR) is 255 cm³/mol. The van der Waals surface area contributed by atoms with Gasteiger partial charge in [-0.05, 0) is 131 Å². The molecule has 0 saturated carbocycles. The van der Waals surface area contributed by atoms with Crippen LogP contribution >= 0.6 is 0 Å². The number of hydrogen-bond donors (Lipinski definition) is 0. The fourth-order valence-corrected chi connectivity index (χ4v) is 10.8. The summed E-state index contributed by atoms with van der Waals surface area (Å²) in [4.78, 5) is 2.40. The minimum Gasteiger partial charge on any atom is -0.311 e. The van der Waals surface area contributed by atoms with Gasteiger partial charge in [-0.25, -0.2) is 0 Å². The van der Waals surface area contributed by atoms with Crippen LogP contribution in [0.5, 0.6) is 0 Å². The van der Waals surface area contributed by atoms with Gasteiger partial charge in [-0.1, -0.05) is 195 Å². The van der Waals surface area contributed by atoms with E-state index in [-0.39, 0.29) is 16.2 Å². The number of nitrogens with zero attached hydrogens (tertiary/aromatic N) is 1. The van der Waals surface area contributed by atoms with Gasteiger partial charge in [-0.15, -0.1) is 0 Å². The van der Waals surface area contributed by atoms with Crippen molar-refractivity contribution in [3.63, 3.8) is 0 Å². The van der Waals surface area contributed by atoms with E-state index in [0.717, 1.165) is 23.5 Å². The number of allylic oxidation sites excluding steroid dienone is 2. The molecule has 0 N–H and O–H groups in total. The Morgan fingerprint density at radius 1 is 0.517 bits per heavy atom. The highest BCUT2D eigenvalue weighted by atomic mass is 15.1. The summed E-state index contributed by atoms with van der Waals surface area (Å²) in [5, 5.41) is 0. The molecule has 7 aromatic rings. The van der Waals surface area contributed by atoms with Gasteiger partial charge in [0.05, 0.1) is 5.41 Å². The fourth-order valence-electron chi connectivity index (χ4n) is 10.8. The summed E-state index contributed by atoms with van der Waals surface area (Å²) >= 11 is 0. The molecule has 0 radical (unpaired) electrons. The van der Waals surface area contributed by atoms with Crippen LogP contribution in [0.3, 0.4) is 0 Å². The highest BCUT2D eigenvalue weighted by Gasteiger charge is 2.54. The molecule has 1 heteroatoms. The standard InChI is InChI=1S/C59H55N/c1-38(20-19-23-39-21-11-10-12-22-39)60(41-30-32-46-43-24-13-16-27-49(43)58(8,9)52(46)36-41)42-31-33-47-48-34-40(56(2,3)4)35-54(57(5,6)7)55(48)59(53(47)37-42)50-28-17-14-25-44(50)45-26-15-18-29-51(45)59/h10-22,24-37H,1,23H2,2-9H3/b20-19-. The molecule has 3 aliphatic carbocycles. The quantitative estimate of drug-likeness (QED) is 0.152. The first-order chi connectivity index (χ1) is 28.7. The lowest BCUT2D eigenvalue weighted by molar-refractivity contribution is 0.558. The molecular formula is C59H55N. The molecule has 3 aliphatic rings. The Balaban J connectivity index is 1.23. The van der Waals surface area contributed by atoms with E-state index in [4.69, 9.17) is 6.58 Å². The Labute approximate surface area is 357 Å². The predicted octanol–water partition coefficient (Wildman–Crippen LogP) is 15.4. The largest absolute Gasteiger partial charge is 0.311 e. The molecule has 296 valence electrons. The molecule has 0 heterocycles. The molecule has 10 rings (SSSR count). The molecule has 0 amide bonds. The topological polar surface area (TPSA) is 3.24 Å². The van der Waals surface area contributed by atoms with Crippen molar-refractivity contribution >= 4 is 11.4 Å². The molecular weight excluding hydrogens is 723 g/mol. The van der Waals surface area contributed by atoms with Crippen molar-refractivity contribution in [1.82, 2.24) is 0 Å². The average Bonchev–Trinajstić information content (AvgIpc) is 3.78. The van der Waals surface area contributed by atoms with Gasteiger partial charge in [0, 0.05) is 22.5 Å². The molecule has 7 aromatic carbocycles. The molecule has 0 unspecified atom stereocenters. The van der Waals surface area contributed by atoms with Gasteiger partial charge in [-0.3, -0.25) is 0 Å². The van der Waals surface area contributed by atoms with Crippen molar-refractivity contribution in [2.75, 3.05) is 4.90 Å². The molecule has 1 spiro atoms. The molecule has 0 fully saturated rings. The lowest BCUT2D eigenvalue weighted by Gasteiger charge is -2.37. The first kappa shape index (κ1) is 38.0. The van der Waals surface area contributed by atoms with Crippen molar-refractivity contribution in [2.24, 2.45) is 0 Å². The van der Waals surface area contributed by atoms with Crippen LogP contribution < -0.4 is 4.90 Å². The van der Waals surface area contributed by atoms with Crippen molar-refractivity contribution in [3.8, 4) is 33.4 Å². The summed E-state index contributed by atoms with van der Waals surface area (Å²) in [5.41, 5.74) is 22.7. The maximum Gasteiger partial charge on any atom is 0.0729 e. The summed E-state index contributed by atoms with van der Waals surface area (Å²) < 4.78 is 0. The number of rotatable bonds is 6. The molecule has 0 aromatic heterocycles. The van der Waals surface area contributed by atoms with Gasteiger partial charge >= 0.3 is 0 Å². The van der Waals surface area contributed by atoms with E-state index in [1.54, 1.807) is 0 Å². The Bertz CT molecular complexity index is 2860. The van der Waals surface area contributed by atoms with Crippen molar-refractivity contribution in [1.29, 1.82) is 0 Å². The zero-order valence-electron chi connectivity index (χ0n) is 36.4. The number of fused-ring (bicyclic) bond motifs is 13. The van der Waals surface area contributed by atoms with Crippen molar-refractivity contribution < 1.29 is 0 Å². The van der Waals surface area contributed by atoms with Crippen molar-refractivity contribution in [2.45, 2.75) is 83.5 Å². The van der Waals surface area contributed by atoms with Gasteiger partial charge in [0.2, 0.25) is 0 Å². The molecule has 60 heavy (non-hydrogen) atoms. The molecule has 0 atom stereocenters. The van der Waals surface area contributed by atoms with E-state index in [1.165, 1.54) is 83.5 Å². The average molecular weight is 778 g/mol. The second-order valence-electron chi connectivity index (χ2n) is 19.8. The third-order valence-electron chi connectivity index (χ3n) is 13.7. The van der Waals surface area contributed by atoms with Crippen LogP contribution in [0.4, 0.5) is 11.4 Å². The van der Waals surface area contributed by atoms with E-state index in [2.05, 4.69) is 224 Å². The summed E-state index contributed by atoms with van der Waals surface area (Å²) in [6, 6.07) is 57.3. The summed E-state index contributed by atoms with van der Waals surface area (Å²) in [6.45, 7) is 23.8. The number of benzene rings is 7. The highest BCUT2D eigenvalue weighted by molar-refractivity contribution is 5.97. The van der Waals surface area contributed by atoms with Crippen LogP contribution in [0.1, 0.15) is 105 Å². The maximum atomic E-state index is 4.83. The molecule has 0 saturated heterocycles. The summed E-state index contributed by atoms with van der Waals surface area (Å²) in [5.74, 6) is 0. The maximum absolute atomic E-state index is 4.83. The first-order valence-corrected chi connectivity index (χ1v) is 21.7. The smallest absolute Gasteiger partial charge is 0.0729 e. The van der Waals surface area contributed by atoms with Crippen LogP contribution in [0.25, 0.3) is 33.4 Å². The normalized spacial score (nSPS) is 15.0. The van der Waals surface area contributed by atoms with E-state index in [0.29, 0.717) is 0 Å². The van der Waals surface area contributed by atoms with Gasteiger partial charge in [0.1, 0.15) is 0 Å². The SMILES string of the molecule is C=C(/C=C\Cc1ccccc1)N(c1ccc2c(c1)C(C)(C)c1ccccc1-2)c1ccc2c(c1)C1(c3ccccc3-c3ccccc31)c1c-2cc(C(C)(C)C)cc1C(C)(C)C. The number of anilines is 2. The molecule has 0 bridgehead atoms. The van der Waals surface area contributed by atoms with E-state index < -0.39 is 5.41 Å². The second kappa shape index (κ2) is 13.4. The summed E-state index contributed by atoms with van der Waals surface area (Å²) in [6.07, 6.45) is 5.31. The van der Waals surface area contributed by atoms with E-state index in [9.17, 15) is 0 Å². The Morgan fingerprint density at radius 3 is 1.60 bits per heavy atom. The summed E-state index contributed by atoms with van der Waals surface area (Å²) in [7, 11) is 0. The van der Waals surface area contributed by atoms with Crippen LogP contribution in [0.2, 0.25) is 0 Å². The van der Waals surface area contributed by atoms with Crippen LogP contribution in [-0.4, -0.2) is 0 Å². The van der Waals surface area contributed by atoms with Crippen LogP contribution in [-0.2, 0) is 28.1 Å². The first-order valence-electron chi connectivity index (χ1n) is 21.7. The van der Waals surface area contributed by atoms with Crippen LogP contribution in [0, 0.1) is 0 Å². The minimum absolute atomic E-state index is 0.0159. The highest BCUT2D eigenvalue weighted by Crippen LogP contribution is 2.65. The van der Waals surface area contributed by atoms with E-state index >= 15 is 0 Å². The van der Waals surface area contributed by atoms with E-state index in [1.807, 2.05) is 0 Å². The molecule has 1 nitrogen and oxygen atoms in total. The minimum atomic E-state index is -0.495. The lowest BCUT2D eigenvalue weighted by Crippen LogP contribution is -2.30. The Morgan fingerprint density at radius 2 is 1.02 bits per heavy atom. The zero-order chi connectivity index (χ0) is 41.8. The van der Waals surface area contributed by atoms with Gasteiger partial charge in [0.25, 0.3) is 0 Å². The molecule has 0 aliphatic heterocycles. The second-order valence-corrected chi connectivity index (χ2v) is 19.8. The third-order valence-corrected chi connectivity index (χ3v) is 13.7. The van der Waals surface area contributed by atoms with Crippen LogP contribution in [0.15, 0.2) is 176 Å². The van der Waals surface area contributed by atoms with Crippen molar-refractivity contribution in [3.05, 3.63) is 226 Å². The monoisotopic (exact) mass is 777 g/mol. The van der Waals surface area contributed by atoms with Gasteiger partial charge < -0.3 is 4.90 Å². The lowest BCUT2D eigenvalue weighted by atomic mass is 9.65. The van der Waals surface area contributed by atoms with Gasteiger partial charge in [0.15, 0.2) is 0 Å². The zero-order valence-corrected chi connectivity index (χ0v) is 36.4. The third kappa shape index (κ3) is 5.58. The number of hydrogen-bond acceptors (Lipinski definition) is 1.